The Morgan fingerprint density at radius 3 is 2.52 bits per heavy atom. The lowest BCUT2D eigenvalue weighted by Gasteiger charge is -2.12. The Hall–Kier alpha value is -3.46. The van der Waals surface area contributed by atoms with Crippen molar-refractivity contribution >= 4 is 21.4 Å². The number of methoxy groups -OCH3 is 1. The molecule has 0 unspecified atom stereocenters. The largest absolute Gasteiger partial charge is 0.495 e. The molecule has 2 aromatic carbocycles. The maximum absolute atomic E-state index is 12.7. The SMILES string of the molecule is COc1ccc(C)cc1NC(=O)Cn1nc(S(=O)(=O)c2ccccc2)ccc1=O. The normalized spacial score (nSPS) is 11.1. The van der Waals surface area contributed by atoms with Gasteiger partial charge in [-0.05, 0) is 42.8 Å². The molecule has 8 nitrogen and oxygen atoms in total. The highest BCUT2D eigenvalue weighted by atomic mass is 32.2. The first-order valence-electron chi connectivity index (χ1n) is 8.64. The molecule has 3 rings (SSSR count). The molecule has 0 saturated heterocycles. The highest BCUT2D eigenvalue weighted by Gasteiger charge is 2.20. The summed E-state index contributed by atoms with van der Waals surface area (Å²) in [6.07, 6.45) is 0. The fraction of sp³-hybridized carbons (Fsp3) is 0.150. The molecule has 0 aliphatic heterocycles. The van der Waals surface area contributed by atoms with Crippen LogP contribution < -0.4 is 15.6 Å². The second-order valence-corrected chi connectivity index (χ2v) is 8.13. The van der Waals surface area contributed by atoms with Crippen molar-refractivity contribution in [2.75, 3.05) is 12.4 Å². The van der Waals surface area contributed by atoms with Gasteiger partial charge < -0.3 is 10.1 Å². The number of nitrogens with one attached hydrogen (secondary N) is 1. The zero-order valence-electron chi connectivity index (χ0n) is 15.8. The van der Waals surface area contributed by atoms with E-state index in [1.807, 2.05) is 13.0 Å². The summed E-state index contributed by atoms with van der Waals surface area (Å²) in [6.45, 7) is 1.41. The third-order valence-electron chi connectivity index (χ3n) is 4.09. The molecule has 0 radical (unpaired) electrons. The number of anilines is 1. The summed E-state index contributed by atoms with van der Waals surface area (Å²) in [4.78, 5) is 24.6. The van der Waals surface area contributed by atoms with Gasteiger partial charge in [0.2, 0.25) is 15.7 Å². The van der Waals surface area contributed by atoms with E-state index in [1.165, 1.54) is 19.2 Å². The molecular weight excluding hydrogens is 394 g/mol. The van der Waals surface area contributed by atoms with E-state index < -0.39 is 27.8 Å². The molecule has 1 heterocycles. The molecule has 1 amide bonds. The number of hydrogen-bond acceptors (Lipinski definition) is 6. The van der Waals surface area contributed by atoms with Gasteiger partial charge in [-0.3, -0.25) is 9.59 Å². The minimum Gasteiger partial charge on any atom is -0.495 e. The third kappa shape index (κ3) is 4.52. The Morgan fingerprint density at radius 2 is 1.83 bits per heavy atom. The molecule has 0 spiro atoms. The van der Waals surface area contributed by atoms with Gasteiger partial charge in [0.25, 0.3) is 5.56 Å². The summed E-state index contributed by atoms with van der Waals surface area (Å²) in [6, 6.07) is 15.2. The maximum atomic E-state index is 12.7. The lowest BCUT2D eigenvalue weighted by atomic mass is 10.2. The number of sulfone groups is 1. The highest BCUT2D eigenvalue weighted by molar-refractivity contribution is 7.91. The Kier molecular flexibility index (Phi) is 5.79. The van der Waals surface area contributed by atoms with Crippen LogP contribution in [0.5, 0.6) is 5.75 Å². The zero-order chi connectivity index (χ0) is 21.0. The monoisotopic (exact) mass is 413 g/mol. The molecule has 0 saturated carbocycles. The van der Waals surface area contributed by atoms with Crippen LogP contribution in [0.1, 0.15) is 5.56 Å². The summed E-state index contributed by atoms with van der Waals surface area (Å²) in [5.41, 5.74) is 0.759. The van der Waals surface area contributed by atoms with Crippen LogP contribution in [-0.2, 0) is 21.2 Å². The minimum atomic E-state index is -3.91. The lowest BCUT2D eigenvalue weighted by molar-refractivity contribution is -0.117. The molecule has 0 atom stereocenters. The summed E-state index contributed by atoms with van der Waals surface area (Å²) in [5.74, 6) is -0.0811. The fourth-order valence-electron chi connectivity index (χ4n) is 2.65. The molecule has 150 valence electrons. The van der Waals surface area contributed by atoms with Crippen molar-refractivity contribution in [2.45, 2.75) is 23.4 Å². The second kappa shape index (κ2) is 8.27. The first-order valence-corrected chi connectivity index (χ1v) is 10.1. The van der Waals surface area contributed by atoms with Gasteiger partial charge in [-0.2, -0.15) is 5.10 Å². The molecule has 0 bridgehead atoms. The maximum Gasteiger partial charge on any atom is 0.267 e. The number of rotatable bonds is 6. The van der Waals surface area contributed by atoms with Crippen molar-refractivity contribution in [3.8, 4) is 5.75 Å². The van der Waals surface area contributed by atoms with Crippen molar-refractivity contribution < 1.29 is 17.9 Å². The van der Waals surface area contributed by atoms with Crippen LogP contribution in [0.15, 0.2) is 75.4 Å². The Labute approximate surface area is 167 Å². The van der Waals surface area contributed by atoms with Gasteiger partial charge in [0, 0.05) is 6.07 Å². The number of aromatic nitrogens is 2. The summed E-state index contributed by atoms with van der Waals surface area (Å²) in [7, 11) is -2.44. The number of hydrogen-bond donors (Lipinski definition) is 1. The van der Waals surface area contributed by atoms with Crippen molar-refractivity contribution in [3.63, 3.8) is 0 Å². The van der Waals surface area contributed by atoms with E-state index in [2.05, 4.69) is 10.4 Å². The van der Waals surface area contributed by atoms with Crippen LogP contribution in [-0.4, -0.2) is 31.2 Å². The zero-order valence-corrected chi connectivity index (χ0v) is 16.6. The molecule has 29 heavy (non-hydrogen) atoms. The molecule has 1 aromatic heterocycles. The topological polar surface area (TPSA) is 107 Å². The van der Waals surface area contributed by atoms with Crippen molar-refractivity contribution in [1.82, 2.24) is 9.78 Å². The molecule has 0 fully saturated rings. The third-order valence-corrected chi connectivity index (χ3v) is 5.75. The summed E-state index contributed by atoms with van der Waals surface area (Å²) < 4.78 is 31.4. The van der Waals surface area contributed by atoms with E-state index in [-0.39, 0.29) is 9.92 Å². The van der Waals surface area contributed by atoms with E-state index in [0.717, 1.165) is 22.4 Å². The number of nitrogens with zero attached hydrogens (tertiary/aromatic N) is 2. The molecule has 9 heteroatoms. The Morgan fingerprint density at radius 1 is 1.10 bits per heavy atom. The number of amides is 1. The van der Waals surface area contributed by atoms with Crippen LogP contribution in [0.2, 0.25) is 0 Å². The predicted octanol–water partition coefficient (Wildman–Crippen LogP) is 2.03. The molecule has 1 N–H and O–H groups in total. The standard InChI is InChI=1S/C20H19N3O5S/c1-14-8-9-17(28-2)16(12-14)21-18(24)13-23-20(25)11-10-19(22-23)29(26,27)15-6-4-3-5-7-15/h3-12H,13H2,1-2H3,(H,21,24). The van der Waals surface area contributed by atoms with Crippen LogP contribution in [0.3, 0.4) is 0 Å². The Bertz CT molecular complexity index is 1200. The van der Waals surface area contributed by atoms with E-state index in [0.29, 0.717) is 11.4 Å². The van der Waals surface area contributed by atoms with Crippen molar-refractivity contribution in [1.29, 1.82) is 0 Å². The molecule has 3 aromatic rings. The number of ether oxygens (including phenoxy) is 1. The van der Waals surface area contributed by atoms with Gasteiger partial charge in [0.1, 0.15) is 12.3 Å². The van der Waals surface area contributed by atoms with Gasteiger partial charge in [0.15, 0.2) is 5.03 Å². The predicted molar refractivity (Wildman–Crippen MR) is 107 cm³/mol. The van der Waals surface area contributed by atoms with Crippen molar-refractivity contribution in [3.05, 3.63) is 76.6 Å². The van der Waals surface area contributed by atoms with Crippen molar-refractivity contribution in [2.24, 2.45) is 0 Å². The second-order valence-electron chi connectivity index (χ2n) is 6.24. The van der Waals surface area contributed by atoms with Gasteiger partial charge in [0.05, 0.1) is 17.7 Å². The van der Waals surface area contributed by atoms with E-state index in [1.54, 1.807) is 30.3 Å². The number of carbonyl (C=O) groups is 1. The number of aryl methyl sites for hydroxylation is 1. The molecular formula is C20H19N3O5S. The molecule has 0 aliphatic rings. The fourth-order valence-corrected chi connectivity index (χ4v) is 3.86. The first-order chi connectivity index (χ1) is 13.8. The van der Waals surface area contributed by atoms with Gasteiger partial charge in [-0.25, -0.2) is 13.1 Å². The average Bonchev–Trinajstić information content (AvgIpc) is 2.70. The van der Waals surface area contributed by atoms with Crippen LogP contribution in [0, 0.1) is 6.92 Å². The summed E-state index contributed by atoms with van der Waals surface area (Å²) >= 11 is 0. The van der Waals surface area contributed by atoms with E-state index in [4.69, 9.17) is 4.74 Å². The quantitative estimate of drug-likeness (QED) is 0.663. The summed E-state index contributed by atoms with van der Waals surface area (Å²) in [5, 5.41) is 6.23. The van der Waals surface area contributed by atoms with Crippen LogP contribution >= 0.6 is 0 Å². The highest BCUT2D eigenvalue weighted by Crippen LogP contribution is 2.25. The van der Waals surface area contributed by atoms with Gasteiger partial charge in [-0.1, -0.05) is 24.3 Å². The van der Waals surface area contributed by atoms with Gasteiger partial charge in [-0.15, -0.1) is 0 Å². The van der Waals surface area contributed by atoms with Gasteiger partial charge >= 0.3 is 0 Å². The molecule has 0 aliphatic carbocycles. The van der Waals surface area contributed by atoms with Crippen LogP contribution in [0.25, 0.3) is 0 Å². The average molecular weight is 413 g/mol. The smallest absolute Gasteiger partial charge is 0.267 e. The first kappa shape index (κ1) is 20.3. The number of benzene rings is 2. The Balaban J connectivity index is 1.87. The minimum absolute atomic E-state index is 0.0478. The van der Waals surface area contributed by atoms with E-state index in [9.17, 15) is 18.0 Å². The lowest BCUT2D eigenvalue weighted by Crippen LogP contribution is -2.30. The van der Waals surface area contributed by atoms with Crippen LogP contribution in [0.4, 0.5) is 5.69 Å². The number of carbonyl (C=O) groups excluding carboxylic acids is 1. The van der Waals surface area contributed by atoms with E-state index >= 15 is 0 Å².